The number of carbonyl (C=O) groups is 1. The number of rotatable bonds is 6. The van der Waals surface area contributed by atoms with Gasteiger partial charge in [-0.1, -0.05) is 12.1 Å². The molecular formula is C13H15N3O4S. The van der Waals surface area contributed by atoms with E-state index in [0.29, 0.717) is 11.4 Å². The molecule has 112 valence electrons. The van der Waals surface area contributed by atoms with Gasteiger partial charge in [0.2, 0.25) is 10.0 Å². The minimum atomic E-state index is -3.50. The first-order valence-electron chi connectivity index (χ1n) is 6.13. The first kappa shape index (κ1) is 15.2. The fourth-order valence-corrected chi connectivity index (χ4v) is 2.91. The molecule has 0 bridgehead atoms. The fraction of sp³-hybridized carbons (Fsp3) is 0.231. The summed E-state index contributed by atoms with van der Waals surface area (Å²) in [4.78, 5) is 17.6. The van der Waals surface area contributed by atoms with Gasteiger partial charge < -0.3 is 10.1 Å². The zero-order valence-corrected chi connectivity index (χ0v) is 12.2. The lowest BCUT2D eigenvalue weighted by atomic mass is 10.1. The van der Waals surface area contributed by atoms with Gasteiger partial charge in [0.15, 0.2) is 0 Å². The van der Waals surface area contributed by atoms with E-state index in [0.717, 1.165) is 0 Å². The average Bonchev–Trinajstić information content (AvgIpc) is 2.91. The molecular weight excluding hydrogens is 294 g/mol. The third-order valence-electron chi connectivity index (χ3n) is 2.95. The molecule has 0 radical (unpaired) electrons. The van der Waals surface area contributed by atoms with Crippen LogP contribution >= 0.6 is 0 Å². The number of aromatic amines is 1. The molecule has 0 saturated carbocycles. The van der Waals surface area contributed by atoms with Crippen molar-refractivity contribution in [1.82, 2.24) is 14.3 Å². The lowest BCUT2D eigenvalue weighted by Crippen LogP contribution is -2.28. The molecule has 0 unspecified atom stereocenters. The minimum absolute atomic E-state index is 0.125. The van der Waals surface area contributed by atoms with Gasteiger partial charge in [-0.05, 0) is 17.7 Å². The highest BCUT2D eigenvalue weighted by atomic mass is 32.2. The van der Waals surface area contributed by atoms with Crippen LogP contribution in [0.4, 0.5) is 0 Å². The second kappa shape index (κ2) is 6.06. The van der Waals surface area contributed by atoms with Crippen LogP contribution in [0, 0.1) is 0 Å². The Hall–Kier alpha value is -2.19. The molecule has 2 rings (SSSR count). The Bertz CT molecular complexity index is 708. The van der Waals surface area contributed by atoms with E-state index in [-0.39, 0.29) is 17.9 Å². The largest absolute Gasteiger partial charge is 0.478 e. The molecule has 0 aliphatic rings. The molecule has 8 heteroatoms. The van der Waals surface area contributed by atoms with E-state index >= 15 is 0 Å². The van der Waals surface area contributed by atoms with Gasteiger partial charge in [0.05, 0.1) is 17.9 Å². The van der Waals surface area contributed by atoms with Crippen molar-refractivity contribution in [2.75, 3.05) is 7.05 Å². The molecule has 2 N–H and O–H groups in total. The number of hydrogen-bond donors (Lipinski definition) is 2. The van der Waals surface area contributed by atoms with E-state index in [1.54, 1.807) is 12.4 Å². The standard InChI is InChI=1S/C13H15N3O4S/c1-16(8-12-14-6-7-15-12)21(19,20)9-10-2-4-11(5-3-10)13(17)18/h2-7H,8-9H2,1H3,(H,14,15)(H,17,18). The predicted molar refractivity (Wildman–Crippen MR) is 76.1 cm³/mol. The van der Waals surface area contributed by atoms with Crippen LogP contribution in [0.25, 0.3) is 0 Å². The van der Waals surface area contributed by atoms with E-state index in [9.17, 15) is 13.2 Å². The average molecular weight is 309 g/mol. The molecule has 0 aliphatic heterocycles. The molecule has 1 aromatic carbocycles. The summed E-state index contributed by atoms with van der Waals surface area (Å²) in [5.74, 6) is -0.675. The van der Waals surface area contributed by atoms with Gasteiger partial charge >= 0.3 is 5.97 Å². The lowest BCUT2D eigenvalue weighted by molar-refractivity contribution is 0.0697. The van der Waals surface area contributed by atoms with Gasteiger partial charge in [-0.25, -0.2) is 18.2 Å². The maximum atomic E-state index is 12.2. The highest BCUT2D eigenvalue weighted by molar-refractivity contribution is 7.88. The van der Waals surface area contributed by atoms with E-state index in [2.05, 4.69) is 9.97 Å². The van der Waals surface area contributed by atoms with Crippen LogP contribution < -0.4 is 0 Å². The third-order valence-corrected chi connectivity index (χ3v) is 4.73. The molecule has 0 amide bonds. The van der Waals surface area contributed by atoms with E-state index in [4.69, 9.17) is 5.11 Å². The summed E-state index contributed by atoms with van der Waals surface area (Å²) < 4.78 is 25.6. The number of carboxylic acid groups (broad SMARTS) is 1. The highest BCUT2D eigenvalue weighted by Crippen LogP contribution is 2.12. The van der Waals surface area contributed by atoms with Crippen LogP contribution in [-0.2, 0) is 22.3 Å². The van der Waals surface area contributed by atoms with Crippen molar-refractivity contribution in [3.63, 3.8) is 0 Å². The molecule has 21 heavy (non-hydrogen) atoms. The Kier molecular flexibility index (Phi) is 4.39. The van der Waals surface area contributed by atoms with Crippen LogP contribution in [0.2, 0.25) is 0 Å². The second-order valence-electron chi connectivity index (χ2n) is 4.55. The number of imidazole rings is 1. The molecule has 0 atom stereocenters. The fourth-order valence-electron chi connectivity index (χ4n) is 1.76. The number of aromatic carboxylic acids is 1. The normalized spacial score (nSPS) is 11.7. The van der Waals surface area contributed by atoms with Crippen LogP contribution in [0.15, 0.2) is 36.7 Å². The van der Waals surface area contributed by atoms with E-state index in [1.165, 1.54) is 35.6 Å². The van der Waals surface area contributed by atoms with Crippen LogP contribution in [0.1, 0.15) is 21.7 Å². The molecule has 0 fully saturated rings. The summed E-state index contributed by atoms with van der Waals surface area (Å²) in [7, 11) is -2.02. The highest BCUT2D eigenvalue weighted by Gasteiger charge is 2.19. The smallest absolute Gasteiger partial charge is 0.335 e. The molecule has 7 nitrogen and oxygen atoms in total. The number of carboxylic acids is 1. The number of benzene rings is 1. The number of nitrogens with zero attached hydrogens (tertiary/aromatic N) is 2. The predicted octanol–water partition coefficient (Wildman–Crippen LogP) is 1.07. The molecule has 0 saturated heterocycles. The second-order valence-corrected chi connectivity index (χ2v) is 6.63. The molecule has 2 aromatic rings. The number of hydrogen-bond acceptors (Lipinski definition) is 4. The van der Waals surface area contributed by atoms with Gasteiger partial charge in [0.1, 0.15) is 5.82 Å². The van der Waals surface area contributed by atoms with Crippen molar-refractivity contribution >= 4 is 16.0 Å². The van der Waals surface area contributed by atoms with Crippen LogP contribution in [0.5, 0.6) is 0 Å². The Morgan fingerprint density at radius 3 is 2.52 bits per heavy atom. The number of aromatic nitrogens is 2. The topological polar surface area (TPSA) is 103 Å². The summed E-state index contributed by atoms with van der Waals surface area (Å²) >= 11 is 0. The zero-order valence-electron chi connectivity index (χ0n) is 11.4. The minimum Gasteiger partial charge on any atom is -0.478 e. The Balaban J connectivity index is 2.07. The van der Waals surface area contributed by atoms with Gasteiger partial charge in [0, 0.05) is 19.4 Å². The third kappa shape index (κ3) is 3.89. The summed E-state index contributed by atoms with van der Waals surface area (Å²) in [6.07, 6.45) is 3.18. The van der Waals surface area contributed by atoms with E-state index in [1.807, 2.05) is 0 Å². The zero-order chi connectivity index (χ0) is 15.5. The first-order chi connectivity index (χ1) is 9.88. The van der Waals surface area contributed by atoms with Crippen molar-refractivity contribution in [1.29, 1.82) is 0 Å². The van der Waals surface area contributed by atoms with E-state index < -0.39 is 16.0 Å². The van der Waals surface area contributed by atoms with Crippen molar-refractivity contribution in [2.24, 2.45) is 0 Å². The van der Waals surface area contributed by atoms with Crippen molar-refractivity contribution < 1.29 is 18.3 Å². The van der Waals surface area contributed by atoms with Crippen molar-refractivity contribution in [2.45, 2.75) is 12.3 Å². The number of sulfonamides is 1. The molecule has 1 heterocycles. The quantitative estimate of drug-likeness (QED) is 0.830. The summed E-state index contributed by atoms with van der Waals surface area (Å²) in [5.41, 5.74) is 0.659. The molecule has 1 aromatic heterocycles. The monoisotopic (exact) mass is 309 g/mol. The van der Waals surface area contributed by atoms with Crippen LogP contribution in [-0.4, -0.2) is 40.8 Å². The maximum absolute atomic E-state index is 12.2. The van der Waals surface area contributed by atoms with Gasteiger partial charge in [-0.3, -0.25) is 0 Å². The lowest BCUT2D eigenvalue weighted by Gasteiger charge is -2.16. The first-order valence-corrected chi connectivity index (χ1v) is 7.74. The Labute approximate surface area is 122 Å². The maximum Gasteiger partial charge on any atom is 0.335 e. The van der Waals surface area contributed by atoms with Crippen molar-refractivity contribution in [3.05, 3.63) is 53.6 Å². The van der Waals surface area contributed by atoms with Crippen LogP contribution in [0.3, 0.4) is 0 Å². The SMILES string of the molecule is CN(Cc1ncc[nH]1)S(=O)(=O)Cc1ccc(C(=O)O)cc1. The molecule has 0 aliphatic carbocycles. The summed E-state index contributed by atoms with van der Waals surface area (Å²) in [6, 6.07) is 5.78. The number of nitrogens with one attached hydrogen (secondary N) is 1. The Morgan fingerprint density at radius 1 is 1.33 bits per heavy atom. The summed E-state index contributed by atoms with van der Waals surface area (Å²) in [6.45, 7) is 0.155. The molecule has 0 spiro atoms. The summed E-state index contributed by atoms with van der Waals surface area (Å²) in [5, 5.41) is 8.80. The van der Waals surface area contributed by atoms with Gasteiger partial charge in [-0.15, -0.1) is 0 Å². The van der Waals surface area contributed by atoms with Gasteiger partial charge in [0.25, 0.3) is 0 Å². The number of H-pyrrole nitrogens is 1. The Morgan fingerprint density at radius 2 is 2.00 bits per heavy atom. The van der Waals surface area contributed by atoms with Crippen molar-refractivity contribution in [3.8, 4) is 0 Å². The van der Waals surface area contributed by atoms with Gasteiger partial charge in [-0.2, -0.15) is 4.31 Å².